The Kier molecular flexibility index (Phi) is 5.96. The number of ether oxygens (including phenoxy) is 1. The molecule has 0 aliphatic carbocycles. The highest BCUT2D eigenvalue weighted by Crippen LogP contribution is 2.28. The van der Waals surface area contributed by atoms with Gasteiger partial charge < -0.3 is 25.6 Å². The molecule has 1 aliphatic rings. The minimum absolute atomic E-state index is 0.110. The lowest BCUT2D eigenvalue weighted by molar-refractivity contribution is -0.114. The summed E-state index contributed by atoms with van der Waals surface area (Å²) < 4.78 is 5.43. The Labute approximate surface area is 196 Å². The Bertz CT molecular complexity index is 1300. The van der Waals surface area contributed by atoms with E-state index in [2.05, 4.69) is 48.2 Å². The first-order valence-electron chi connectivity index (χ1n) is 11.1. The molecule has 2 aromatic carbocycles. The molecule has 0 unspecified atom stereocenters. The van der Waals surface area contributed by atoms with E-state index in [9.17, 15) is 4.79 Å². The summed E-state index contributed by atoms with van der Waals surface area (Å²) in [6, 6.07) is 15.6. The van der Waals surface area contributed by atoms with Crippen LogP contribution in [0, 0.1) is 6.92 Å². The van der Waals surface area contributed by atoms with E-state index in [1.54, 1.807) is 0 Å². The highest BCUT2D eigenvalue weighted by atomic mass is 16.5. The number of nitrogens with zero attached hydrogens (tertiary/aromatic N) is 4. The van der Waals surface area contributed by atoms with Gasteiger partial charge in [0.1, 0.15) is 5.82 Å². The molecule has 34 heavy (non-hydrogen) atoms. The van der Waals surface area contributed by atoms with Gasteiger partial charge in [-0.2, -0.15) is 15.1 Å². The molecule has 0 saturated carbocycles. The minimum atomic E-state index is -0.110. The zero-order valence-corrected chi connectivity index (χ0v) is 19.1. The van der Waals surface area contributed by atoms with Crippen LogP contribution in [-0.2, 0) is 9.53 Å². The van der Waals surface area contributed by atoms with Gasteiger partial charge in [-0.15, -0.1) is 0 Å². The normalized spacial score (nSPS) is 13.6. The zero-order chi connectivity index (χ0) is 23.5. The second kappa shape index (κ2) is 9.36. The van der Waals surface area contributed by atoms with Crippen molar-refractivity contribution in [3.8, 4) is 0 Å². The molecule has 174 valence electrons. The number of carbonyl (C=O) groups is 1. The summed E-state index contributed by atoms with van der Waals surface area (Å²) in [5, 5.41) is 17.5. The average Bonchev–Trinajstić information content (AvgIpc) is 3.22. The molecule has 1 fully saturated rings. The van der Waals surface area contributed by atoms with Crippen molar-refractivity contribution in [2.24, 2.45) is 0 Å². The maximum absolute atomic E-state index is 11.3. The van der Waals surface area contributed by atoms with Gasteiger partial charge in [0.15, 0.2) is 5.65 Å². The average molecular weight is 459 g/mol. The topological polar surface area (TPSA) is 120 Å². The van der Waals surface area contributed by atoms with Crippen LogP contribution >= 0.6 is 0 Å². The fourth-order valence-electron chi connectivity index (χ4n) is 3.90. The quantitative estimate of drug-likeness (QED) is 0.343. The van der Waals surface area contributed by atoms with Crippen molar-refractivity contribution in [1.82, 2.24) is 20.2 Å². The van der Waals surface area contributed by atoms with Gasteiger partial charge in [0.25, 0.3) is 0 Å². The van der Waals surface area contributed by atoms with Crippen LogP contribution in [0.4, 0.5) is 34.5 Å². The molecule has 4 aromatic rings. The van der Waals surface area contributed by atoms with Crippen LogP contribution in [0.5, 0.6) is 0 Å². The van der Waals surface area contributed by atoms with Crippen LogP contribution in [0.1, 0.15) is 12.6 Å². The predicted octanol–water partition coefficient (Wildman–Crippen LogP) is 3.94. The Hall–Kier alpha value is -4.18. The zero-order valence-electron chi connectivity index (χ0n) is 19.1. The van der Waals surface area contributed by atoms with Gasteiger partial charge in [-0.25, -0.2) is 0 Å². The van der Waals surface area contributed by atoms with E-state index in [4.69, 9.17) is 9.72 Å². The van der Waals surface area contributed by atoms with Crippen molar-refractivity contribution in [3.63, 3.8) is 0 Å². The van der Waals surface area contributed by atoms with E-state index >= 15 is 0 Å². The summed E-state index contributed by atoms with van der Waals surface area (Å²) in [5.41, 5.74) is 5.04. The molecule has 5 rings (SSSR count). The van der Waals surface area contributed by atoms with E-state index in [1.165, 1.54) is 12.6 Å². The number of amides is 1. The third-order valence-corrected chi connectivity index (χ3v) is 5.56. The lowest BCUT2D eigenvalue weighted by Crippen LogP contribution is -2.36. The lowest BCUT2D eigenvalue weighted by Gasteiger charge is -2.28. The van der Waals surface area contributed by atoms with Crippen LogP contribution in [-0.4, -0.2) is 52.4 Å². The molecule has 4 N–H and O–H groups in total. The summed E-state index contributed by atoms with van der Waals surface area (Å²) in [6.07, 6.45) is 0. The van der Waals surface area contributed by atoms with Crippen molar-refractivity contribution >= 4 is 51.5 Å². The van der Waals surface area contributed by atoms with Gasteiger partial charge in [-0.3, -0.25) is 9.89 Å². The number of aromatic amines is 1. The number of rotatable bonds is 6. The smallest absolute Gasteiger partial charge is 0.231 e. The number of fused-ring (bicyclic) bond motifs is 1. The second-order valence-corrected chi connectivity index (χ2v) is 8.10. The maximum atomic E-state index is 11.3. The molecule has 1 amide bonds. The van der Waals surface area contributed by atoms with Gasteiger partial charge in [-0.1, -0.05) is 0 Å². The number of carbonyl (C=O) groups excluding carboxylic acids is 1. The van der Waals surface area contributed by atoms with Gasteiger partial charge in [0.05, 0.1) is 18.6 Å². The number of hydrogen-bond acceptors (Lipinski definition) is 8. The van der Waals surface area contributed by atoms with Gasteiger partial charge in [0, 0.05) is 48.5 Å². The first kappa shape index (κ1) is 21.7. The summed E-state index contributed by atoms with van der Waals surface area (Å²) >= 11 is 0. The summed E-state index contributed by atoms with van der Waals surface area (Å²) in [6.45, 7) is 6.71. The van der Waals surface area contributed by atoms with Gasteiger partial charge in [-0.05, 0) is 55.5 Å². The standard InChI is InChI=1S/C24H26N8O2/c1-15-21-22(26-18-5-3-17(4-6-18)25-16(2)33)28-24(29-23(21)31-30-15)27-19-7-9-20(10-8-19)32-11-13-34-14-12-32/h3-10H,11-14H2,1-2H3,(H,25,33)(H3,26,27,28,29,30,31). The Morgan fingerprint density at radius 1 is 0.941 bits per heavy atom. The molecule has 10 heteroatoms. The highest BCUT2D eigenvalue weighted by molar-refractivity contribution is 5.92. The Morgan fingerprint density at radius 3 is 2.29 bits per heavy atom. The van der Waals surface area contributed by atoms with E-state index in [-0.39, 0.29) is 5.91 Å². The third kappa shape index (κ3) is 4.76. The fourth-order valence-corrected chi connectivity index (χ4v) is 3.90. The molecule has 0 atom stereocenters. The first-order valence-corrected chi connectivity index (χ1v) is 11.1. The third-order valence-electron chi connectivity index (χ3n) is 5.56. The highest BCUT2D eigenvalue weighted by Gasteiger charge is 2.15. The van der Waals surface area contributed by atoms with Crippen molar-refractivity contribution < 1.29 is 9.53 Å². The molecule has 10 nitrogen and oxygen atoms in total. The largest absolute Gasteiger partial charge is 0.378 e. The van der Waals surface area contributed by atoms with Gasteiger partial charge in [0.2, 0.25) is 11.9 Å². The number of H-pyrrole nitrogens is 1. The van der Waals surface area contributed by atoms with Crippen molar-refractivity contribution in [2.75, 3.05) is 47.2 Å². The fraction of sp³-hybridized carbons (Fsp3) is 0.250. The summed E-state index contributed by atoms with van der Waals surface area (Å²) in [7, 11) is 0. The predicted molar refractivity (Wildman–Crippen MR) is 133 cm³/mol. The number of nitrogens with one attached hydrogen (secondary N) is 4. The summed E-state index contributed by atoms with van der Waals surface area (Å²) in [4.78, 5) is 22.9. The van der Waals surface area contributed by atoms with Crippen LogP contribution in [0.25, 0.3) is 11.0 Å². The van der Waals surface area contributed by atoms with E-state index in [0.717, 1.165) is 54.4 Å². The second-order valence-electron chi connectivity index (χ2n) is 8.10. The number of hydrogen-bond donors (Lipinski definition) is 4. The molecular formula is C24H26N8O2. The van der Waals surface area contributed by atoms with E-state index in [0.29, 0.717) is 17.4 Å². The van der Waals surface area contributed by atoms with Gasteiger partial charge >= 0.3 is 0 Å². The van der Waals surface area contributed by atoms with Crippen LogP contribution in [0.3, 0.4) is 0 Å². The monoisotopic (exact) mass is 458 g/mol. The van der Waals surface area contributed by atoms with E-state index < -0.39 is 0 Å². The van der Waals surface area contributed by atoms with Crippen molar-refractivity contribution in [2.45, 2.75) is 13.8 Å². The minimum Gasteiger partial charge on any atom is -0.378 e. The molecule has 3 heterocycles. The van der Waals surface area contributed by atoms with Crippen LogP contribution in [0.2, 0.25) is 0 Å². The SMILES string of the molecule is CC(=O)Nc1ccc(Nc2nc(Nc3ccc(N4CCOCC4)cc3)nc3n[nH]c(C)c23)cc1. The number of aryl methyl sites for hydroxylation is 1. The Balaban J connectivity index is 1.38. The van der Waals surface area contributed by atoms with Crippen LogP contribution < -0.4 is 20.9 Å². The first-order chi connectivity index (χ1) is 16.5. The number of benzene rings is 2. The number of morpholine rings is 1. The molecular weight excluding hydrogens is 432 g/mol. The Morgan fingerprint density at radius 2 is 1.59 bits per heavy atom. The van der Waals surface area contributed by atoms with Crippen molar-refractivity contribution in [1.29, 1.82) is 0 Å². The molecule has 0 radical (unpaired) electrons. The molecule has 0 spiro atoms. The molecule has 0 bridgehead atoms. The number of anilines is 6. The molecule has 1 aliphatic heterocycles. The van der Waals surface area contributed by atoms with E-state index in [1.807, 2.05) is 43.3 Å². The summed E-state index contributed by atoms with van der Waals surface area (Å²) in [5.74, 6) is 0.965. The lowest BCUT2D eigenvalue weighted by atomic mass is 10.2. The molecule has 1 saturated heterocycles. The number of aromatic nitrogens is 4. The van der Waals surface area contributed by atoms with Crippen molar-refractivity contribution in [3.05, 3.63) is 54.2 Å². The maximum Gasteiger partial charge on any atom is 0.231 e. The van der Waals surface area contributed by atoms with Crippen LogP contribution in [0.15, 0.2) is 48.5 Å². The molecule has 2 aromatic heterocycles.